The third-order valence-corrected chi connectivity index (χ3v) is 3.26. The Labute approximate surface area is 117 Å². The summed E-state index contributed by atoms with van der Waals surface area (Å²) in [4.78, 5) is 37.9. The van der Waals surface area contributed by atoms with E-state index in [0.29, 0.717) is 5.56 Å². The van der Waals surface area contributed by atoms with Gasteiger partial charge in [-0.05, 0) is 25.1 Å². The Bertz CT molecular complexity index is 682. The standard InChI is InChI=1S/C12H11N3O4S/c1-6(10(16)15-12(13)18)19-11(17)7-2-3-8-9(4-7)20-5-14-8/h2-6H,1H3,(H3,13,15,16,18)/t6-/m0/s1. The molecular weight excluding hydrogens is 282 g/mol. The van der Waals surface area contributed by atoms with E-state index in [0.717, 1.165) is 10.2 Å². The fourth-order valence-corrected chi connectivity index (χ4v) is 2.20. The summed E-state index contributed by atoms with van der Waals surface area (Å²) in [5.41, 5.74) is 7.57. The molecule has 20 heavy (non-hydrogen) atoms. The lowest BCUT2D eigenvalue weighted by Gasteiger charge is -2.11. The number of urea groups is 1. The largest absolute Gasteiger partial charge is 0.449 e. The highest BCUT2D eigenvalue weighted by Gasteiger charge is 2.20. The highest BCUT2D eigenvalue weighted by atomic mass is 32.1. The molecule has 1 aromatic heterocycles. The molecule has 8 heteroatoms. The van der Waals surface area contributed by atoms with Crippen LogP contribution < -0.4 is 11.1 Å². The van der Waals surface area contributed by atoms with Crippen LogP contribution in [0.15, 0.2) is 23.7 Å². The van der Waals surface area contributed by atoms with Crippen molar-refractivity contribution < 1.29 is 19.1 Å². The first kappa shape index (κ1) is 13.9. The van der Waals surface area contributed by atoms with Gasteiger partial charge in [-0.3, -0.25) is 10.1 Å². The van der Waals surface area contributed by atoms with Crippen LogP contribution in [0, 0.1) is 0 Å². The van der Waals surface area contributed by atoms with Crippen LogP contribution in [-0.4, -0.2) is 29.0 Å². The summed E-state index contributed by atoms with van der Waals surface area (Å²) in [5, 5.41) is 1.84. The minimum Gasteiger partial charge on any atom is -0.449 e. The number of hydrogen-bond acceptors (Lipinski definition) is 6. The number of carbonyl (C=O) groups is 3. The number of fused-ring (bicyclic) bond motifs is 1. The summed E-state index contributed by atoms with van der Waals surface area (Å²) < 4.78 is 5.79. The van der Waals surface area contributed by atoms with Gasteiger partial charge in [-0.2, -0.15) is 0 Å². The lowest BCUT2D eigenvalue weighted by atomic mass is 10.2. The minimum absolute atomic E-state index is 0.306. The van der Waals surface area contributed by atoms with Crippen molar-refractivity contribution in [1.29, 1.82) is 0 Å². The second kappa shape index (κ2) is 5.66. The average Bonchev–Trinajstić information content (AvgIpc) is 2.84. The molecule has 1 atom stereocenters. The topological polar surface area (TPSA) is 111 Å². The molecule has 1 aromatic carbocycles. The second-order valence-electron chi connectivity index (χ2n) is 3.94. The predicted molar refractivity (Wildman–Crippen MR) is 72.2 cm³/mol. The lowest BCUT2D eigenvalue weighted by Crippen LogP contribution is -2.42. The number of thiazole rings is 1. The molecule has 2 rings (SSSR count). The van der Waals surface area contributed by atoms with Crippen molar-refractivity contribution in [3.05, 3.63) is 29.3 Å². The van der Waals surface area contributed by atoms with E-state index in [4.69, 9.17) is 10.5 Å². The molecule has 0 radical (unpaired) electrons. The molecule has 0 saturated carbocycles. The number of imide groups is 1. The van der Waals surface area contributed by atoms with E-state index in [9.17, 15) is 14.4 Å². The molecule has 0 aliphatic heterocycles. The first-order chi connectivity index (χ1) is 9.47. The van der Waals surface area contributed by atoms with Crippen LogP contribution in [0.25, 0.3) is 10.2 Å². The van der Waals surface area contributed by atoms with Crippen LogP contribution in [0.4, 0.5) is 4.79 Å². The number of benzene rings is 1. The van der Waals surface area contributed by atoms with E-state index in [1.807, 2.05) is 5.32 Å². The van der Waals surface area contributed by atoms with E-state index in [1.54, 1.807) is 23.7 Å². The Morgan fingerprint density at radius 3 is 2.85 bits per heavy atom. The number of carbonyl (C=O) groups excluding carboxylic acids is 3. The van der Waals surface area contributed by atoms with E-state index < -0.39 is 24.0 Å². The van der Waals surface area contributed by atoms with E-state index >= 15 is 0 Å². The number of nitrogens with zero attached hydrogens (tertiary/aromatic N) is 1. The number of amides is 3. The number of rotatable bonds is 3. The van der Waals surface area contributed by atoms with Crippen LogP contribution in [0.5, 0.6) is 0 Å². The molecule has 104 valence electrons. The summed E-state index contributed by atoms with van der Waals surface area (Å²) in [6, 6.07) is 3.89. The van der Waals surface area contributed by atoms with Crippen molar-refractivity contribution in [1.82, 2.24) is 10.3 Å². The van der Waals surface area contributed by atoms with E-state index in [-0.39, 0.29) is 0 Å². The monoisotopic (exact) mass is 293 g/mol. The maximum Gasteiger partial charge on any atom is 0.338 e. The summed E-state index contributed by atoms with van der Waals surface area (Å²) in [6.07, 6.45) is -1.12. The van der Waals surface area contributed by atoms with Gasteiger partial charge in [0, 0.05) is 0 Å². The molecule has 0 aliphatic carbocycles. The zero-order chi connectivity index (χ0) is 14.7. The zero-order valence-corrected chi connectivity index (χ0v) is 11.3. The summed E-state index contributed by atoms with van der Waals surface area (Å²) in [6.45, 7) is 1.35. The molecule has 0 spiro atoms. The summed E-state index contributed by atoms with van der Waals surface area (Å²) in [5.74, 6) is -1.43. The highest BCUT2D eigenvalue weighted by Crippen LogP contribution is 2.19. The van der Waals surface area contributed by atoms with Crippen molar-refractivity contribution in [2.24, 2.45) is 5.73 Å². The van der Waals surface area contributed by atoms with Crippen LogP contribution in [0.1, 0.15) is 17.3 Å². The van der Waals surface area contributed by atoms with Gasteiger partial charge in [-0.1, -0.05) is 0 Å². The maximum absolute atomic E-state index is 11.9. The zero-order valence-electron chi connectivity index (χ0n) is 10.5. The third kappa shape index (κ3) is 3.09. The molecule has 0 saturated heterocycles. The normalized spacial score (nSPS) is 11.8. The predicted octanol–water partition coefficient (Wildman–Crippen LogP) is 1.04. The second-order valence-corrected chi connectivity index (χ2v) is 4.82. The number of primary amides is 1. The fraction of sp³-hybridized carbons (Fsp3) is 0.167. The number of esters is 1. The minimum atomic E-state index is -1.12. The van der Waals surface area contributed by atoms with E-state index in [2.05, 4.69) is 4.98 Å². The van der Waals surface area contributed by atoms with Crippen molar-refractivity contribution in [2.45, 2.75) is 13.0 Å². The molecule has 0 unspecified atom stereocenters. The van der Waals surface area contributed by atoms with Crippen molar-refractivity contribution in [3.8, 4) is 0 Å². The Hall–Kier alpha value is -2.48. The maximum atomic E-state index is 11.9. The third-order valence-electron chi connectivity index (χ3n) is 2.47. The fourth-order valence-electron chi connectivity index (χ4n) is 1.49. The highest BCUT2D eigenvalue weighted by molar-refractivity contribution is 7.16. The SMILES string of the molecule is C[C@H](OC(=O)c1ccc2ncsc2c1)C(=O)NC(N)=O. The summed E-state index contributed by atoms with van der Waals surface area (Å²) in [7, 11) is 0. The average molecular weight is 293 g/mol. The van der Waals surface area contributed by atoms with Gasteiger partial charge in [-0.15, -0.1) is 11.3 Å². The molecular formula is C12H11N3O4S. The lowest BCUT2D eigenvalue weighted by molar-refractivity contribution is -0.127. The van der Waals surface area contributed by atoms with Gasteiger partial charge in [0.15, 0.2) is 6.10 Å². The number of hydrogen-bond donors (Lipinski definition) is 2. The quantitative estimate of drug-likeness (QED) is 0.821. The Morgan fingerprint density at radius 1 is 1.40 bits per heavy atom. The van der Waals surface area contributed by atoms with Gasteiger partial charge in [0.05, 0.1) is 21.3 Å². The molecule has 3 amide bonds. The van der Waals surface area contributed by atoms with Gasteiger partial charge in [0.25, 0.3) is 5.91 Å². The Kier molecular flexibility index (Phi) is 3.94. The van der Waals surface area contributed by atoms with E-state index in [1.165, 1.54) is 18.3 Å². The molecule has 0 aliphatic rings. The van der Waals surface area contributed by atoms with Crippen LogP contribution in [-0.2, 0) is 9.53 Å². The molecule has 1 heterocycles. The Balaban J connectivity index is 2.07. The number of nitrogens with one attached hydrogen (secondary N) is 1. The molecule has 7 nitrogen and oxygen atoms in total. The molecule has 0 fully saturated rings. The van der Waals surface area contributed by atoms with Crippen LogP contribution >= 0.6 is 11.3 Å². The van der Waals surface area contributed by atoms with Crippen LogP contribution in [0.2, 0.25) is 0 Å². The number of nitrogens with two attached hydrogens (primary N) is 1. The van der Waals surface area contributed by atoms with Crippen molar-refractivity contribution in [3.63, 3.8) is 0 Å². The molecule has 0 bridgehead atoms. The van der Waals surface area contributed by atoms with Gasteiger partial charge < -0.3 is 10.5 Å². The van der Waals surface area contributed by atoms with Crippen molar-refractivity contribution in [2.75, 3.05) is 0 Å². The number of ether oxygens (including phenoxy) is 1. The first-order valence-corrected chi connectivity index (χ1v) is 6.50. The van der Waals surface area contributed by atoms with Crippen molar-refractivity contribution >= 4 is 39.5 Å². The van der Waals surface area contributed by atoms with Gasteiger partial charge in [-0.25, -0.2) is 14.6 Å². The first-order valence-electron chi connectivity index (χ1n) is 5.62. The van der Waals surface area contributed by atoms with Gasteiger partial charge >= 0.3 is 12.0 Å². The molecule has 2 aromatic rings. The van der Waals surface area contributed by atoms with Gasteiger partial charge in [0.1, 0.15) is 0 Å². The molecule has 3 N–H and O–H groups in total. The van der Waals surface area contributed by atoms with Crippen LogP contribution in [0.3, 0.4) is 0 Å². The smallest absolute Gasteiger partial charge is 0.338 e. The Morgan fingerprint density at radius 2 is 2.15 bits per heavy atom. The number of aromatic nitrogens is 1. The van der Waals surface area contributed by atoms with Gasteiger partial charge in [0.2, 0.25) is 0 Å². The summed E-state index contributed by atoms with van der Waals surface area (Å²) >= 11 is 1.39.